The second kappa shape index (κ2) is 6.13. The van der Waals surface area contributed by atoms with Gasteiger partial charge in [0.1, 0.15) is 17.0 Å². The van der Waals surface area contributed by atoms with Gasteiger partial charge in [-0.2, -0.15) is 13.2 Å². The van der Waals surface area contributed by atoms with Gasteiger partial charge in [-0.3, -0.25) is 0 Å². The molecule has 1 atom stereocenters. The molecule has 2 N–H and O–H groups in total. The number of fused-ring (bicyclic) bond motifs is 1. The first kappa shape index (κ1) is 15.7. The van der Waals surface area contributed by atoms with Crippen LogP contribution in [0.3, 0.4) is 0 Å². The van der Waals surface area contributed by atoms with Crippen LogP contribution < -0.4 is 5.32 Å². The summed E-state index contributed by atoms with van der Waals surface area (Å²) in [6.45, 7) is -0.0882. The fraction of sp³-hybridized carbons (Fsp3) is 0.200. The molecule has 3 rings (SSSR count). The second-order valence-corrected chi connectivity index (χ2v) is 5.74. The first-order valence-corrected chi connectivity index (χ1v) is 7.61. The Bertz CT molecular complexity index is 819. The van der Waals surface area contributed by atoms with Gasteiger partial charge in [0.05, 0.1) is 17.1 Å². The molecule has 0 bridgehead atoms. The van der Waals surface area contributed by atoms with E-state index in [0.717, 1.165) is 16.3 Å². The minimum atomic E-state index is -4.51. The lowest BCUT2D eigenvalue weighted by Gasteiger charge is -2.18. The zero-order valence-electron chi connectivity index (χ0n) is 11.7. The van der Waals surface area contributed by atoms with Crippen molar-refractivity contribution in [3.63, 3.8) is 0 Å². The van der Waals surface area contributed by atoms with Gasteiger partial charge >= 0.3 is 6.18 Å². The molecule has 23 heavy (non-hydrogen) atoms. The maximum absolute atomic E-state index is 13.0. The van der Waals surface area contributed by atoms with Gasteiger partial charge in [-0.05, 0) is 23.1 Å². The lowest BCUT2D eigenvalue weighted by molar-refractivity contribution is -0.139. The van der Waals surface area contributed by atoms with Gasteiger partial charge < -0.3 is 10.4 Å². The van der Waals surface area contributed by atoms with Crippen LogP contribution in [0.2, 0.25) is 0 Å². The Balaban J connectivity index is 1.81. The third-order valence-electron chi connectivity index (χ3n) is 3.35. The van der Waals surface area contributed by atoms with Gasteiger partial charge in [0.2, 0.25) is 0 Å². The average molecular weight is 339 g/mol. The lowest BCUT2D eigenvalue weighted by Crippen LogP contribution is -2.18. The molecule has 2 heterocycles. The maximum atomic E-state index is 13.0. The highest BCUT2D eigenvalue weighted by Gasteiger charge is 2.34. The van der Waals surface area contributed by atoms with Crippen LogP contribution in [0, 0.1) is 0 Å². The molecular formula is C15H12F3N3OS. The van der Waals surface area contributed by atoms with E-state index in [0.29, 0.717) is 5.82 Å². The first-order chi connectivity index (χ1) is 11.0. The lowest BCUT2D eigenvalue weighted by atomic mass is 10.0. The van der Waals surface area contributed by atoms with Crippen LogP contribution in [0.4, 0.5) is 19.0 Å². The molecule has 3 aromatic rings. The van der Waals surface area contributed by atoms with Crippen LogP contribution in [0.15, 0.2) is 42.0 Å². The highest BCUT2D eigenvalue weighted by Crippen LogP contribution is 2.34. The average Bonchev–Trinajstić information content (AvgIpc) is 3.01. The number of alkyl halides is 3. The standard InChI is InChI=1S/C15H12F3N3OS/c16-15(17,18)11-4-2-1-3-9(11)12(22)7-19-13-10-5-6-23-14(10)21-8-20-13/h1-6,8,12,22H,7H2,(H,19,20,21). The number of hydrogen-bond acceptors (Lipinski definition) is 5. The van der Waals surface area contributed by atoms with Crippen LogP contribution >= 0.6 is 11.3 Å². The summed E-state index contributed by atoms with van der Waals surface area (Å²) in [6, 6.07) is 6.81. The van der Waals surface area contributed by atoms with Gasteiger partial charge in [0.25, 0.3) is 0 Å². The van der Waals surface area contributed by atoms with Gasteiger partial charge in [-0.15, -0.1) is 11.3 Å². The summed E-state index contributed by atoms with van der Waals surface area (Å²) >= 11 is 1.44. The zero-order valence-corrected chi connectivity index (χ0v) is 12.5. The largest absolute Gasteiger partial charge is 0.416 e. The van der Waals surface area contributed by atoms with Crippen LogP contribution in [0.25, 0.3) is 10.2 Å². The molecule has 8 heteroatoms. The molecule has 0 fully saturated rings. The van der Waals surface area contributed by atoms with E-state index in [-0.39, 0.29) is 12.1 Å². The molecule has 4 nitrogen and oxygen atoms in total. The summed E-state index contributed by atoms with van der Waals surface area (Å²) in [5, 5.41) is 15.7. The van der Waals surface area contributed by atoms with Crippen LogP contribution in [-0.4, -0.2) is 21.6 Å². The Labute approximate surface area is 133 Å². The van der Waals surface area contributed by atoms with Crippen molar-refractivity contribution in [1.29, 1.82) is 0 Å². The summed E-state index contributed by atoms with van der Waals surface area (Å²) in [6.07, 6.45) is -4.44. The number of thiophene rings is 1. The molecule has 0 amide bonds. The Morgan fingerprint density at radius 3 is 2.74 bits per heavy atom. The van der Waals surface area contributed by atoms with Gasteiger partial charge in [0.15, 0.2) is 0 Å². The van der Waals surface area contributed by atoms with Crippen molar-refractivity contribution in [3.8, 4) is 0 Å². The SMILES string of the molecule is OC(CNc1ncnc2sccc12)c1ccccc1C(F)(F)F. The van der Waals surface area contributed by atoms with Gasteiger partial charge in [0, 0.05) is 6.54 Å². The number of anilines is 1. The van der Waals surface area contributed by atoms with E-state index < -0.39 is 17.8 Å². The van der Waals surface area contributed by atoms with E-state index >= 15 is 0 Å². The van der Waals surface area contributed by atoms with E-state index in [1.165, 1.54) is 35.9 Å². The fourth-order valence-electron chi connectivity index (χ4n) is 2.28. The van der Waals surface area contributed by atoms with Crippen LogP contribution in [0.5, 0.6) is 0 Å². The molecule has 0 aliphatic carbocycles. The monoisotopic (exact) mass is 339 g/mol. The molecule has 0 saturated heterocycles. The zero-order chi connectivity index (χ0) is 16.4. The Kier molecular flexibility index (Phi) is 4.18. The molecule has 0 radical (unpaired) electrons. The quantitative estimate of drug-likeness (QED) is 0.758. The van der Waals surface area contributed by atoms with E-state index in [1.807, 2.05) is 11.4 Å². The van der Waals surface area contributed by atoms with Crippen molar-refractivity contribution in [2.45, 2.75) is 12.3 Å². The van der Waals surface area contributed by atoms with E-state index in [9.17, 15) is 18.3 Å². The predicted octanol–water partition coefficient (Wildman–Crippen LogP) is 3.86. The molecule has 0 aliphatic rings. The van der Waals surface area contributed by atoms with Crippen molar-refractivity contribution in [2.24, 2.45) is 0 Å². The minimum absolute atomic E-state index is 0.0882. The topological polar surface area (TPSA) is 58.0 Å². The number of rotatable bonds is 4. The third-order valence-corrected chi connectivity index (χ3v) is 4.17. The molecule has 1 unspecified atom stereocenters. The number of hydrogen-bond donors (Lipinski definition) is 2. The molecular weight excluding hydrogens is 327 g/mol. The number of nitrogens with zero attached hydrogens (tertiary/aromatic N) is 2. The normalized spacial score (nSPS) is 13.2. The van der Waals surface area contributed by atoms with Crippen molar-refractivity contribution >= 4 is 27.4 Å². The van der Waals surface area contributed by atoms with E-state index in [4.69, 9.17) is 0 Å². The highest BCUT2D eigenvalue weighted by molar-refractivity contribution is 7.16. The predicted molar refractivity (Wildman–Crippen MR) is 82.3 cm³/mol. The molecule has 120 valence electrons. The van der Waals surface area contributed by atoms with Gasteiger partial charge in [-0.1, -0.05) is 18.2 Å². The summed E-state index contributed by atoms with van der Waals surface area (Å²) in [5.41, 5.74) is -0.999. The van der Waals surface area contributed by atoms with Crippen LogP contribution in [-0.2, 0) is 6.18 Å². The Hall–Kier alpha value is -2.19. The van der Waals surface area contributed by atoms with Crippen molar-refractivity contribution in [2.75, 3.05) is 11.9 Å². The molecule has 1 aromatic carbocycles. The van der Waals surface area contributed by atoms with E-state index in [2.05, 4.69) is 15.3 Å². The van der Waals surface area contributed by atoms with Crippen LogP contribution in [0.1, 0.15) is 17.2 Å². The smallest absolute Gasteiger partial charge is 0.387 e. The number of benzene rings is 1. The molecule has 0 saturated carbocycles. The summed E-state index contributed by atoms with van der Waals surface area (Å²) in [5.74, 6) is 0.486. The summed E-state index contributed by atoms with van der Waals surface area (Å²) in [7, 11) is 0. The number of halogens is 3. The summed E-state index contributed by atoms with van der Waals surface area (Å²) in [4.78, 5) is 8.93. The van der Waals surface area contributed by atoms with E-state index in [1.54, 1.807) is 0 Å². The number of aliphatic hydroxyl groups is 1. The van der Waals surface area contributed by atoms with Crippen molar-refractivity contribution in [3.05, 3.63) is 53.2 Å². The van der Waals surface area contributed by atoms with Gasteiger partial charge in [-0.25, -0.2) is 9.97 Å². The summed E-state index contributed by atoms with van der Waals surface area (Å²) < 4.78 is 39.0. The second-order valence-electron chi connectivity index (χ2n) is 4.84. The number of aliphatic hydroxyl groups excluding tert-OH is 1. The Morgan fingerprint density at radius 2 is 1.96 bits per heavy atom. The Morgan fingerprint density at radius 1 is 1.17 bits per heavy atom. The van der Waals surface area contributed by atoms with Crippen molar-refractivity contribution < 1.29 is 18.3 Å². The fourth-order valence-corrected chi connectivity index (χ4v) is 3.01. The highest BCUT2D eigenvalue weighted by atomic mass is 32.1. The maximum Gasteiger partial charge on any atom is 0.416 e. The minimum Gasteiger partial charge on any atom is -0.387 e. The van der Waals surface area contributed by atoms with Crippen molar-refractivity contribution in [1.82, 2.24) is 9.97 Å². The molecule has 2 aromatic heterocycles. The molecule has 0 aliphatic heterocycles. The third kappa shape index (κ3) is 3.27. The number of aromatic nitrogens is 2. The first-order valence-electron chi connectivity index (χ1n) is 6.73. The molecule has 0 spiro atoms. The number of nitrogens with one attached hydrogen (secondary N) is 1.